The fourth-order valence-corrected chi connectivity index (χ4v) is 3.82. The van der Waals surface area contributed by atoms with Crippen LogP contribution in [0.2, 0.25) is 0 Å². The lowest BCUT2D eigenvalue weighted by molar-refractivity contribution is -0.136. The number of carboxylic acids is 1. The Balaban J connectivity index is 1.67. The highest BCUT2D eigenvalue weighted by Crippen LogP contribution is 2.36. The third-order valence-corrected chi connectivity index (χ3v) is 5.09. The van der Waals surface area contributed by atoms with Crippen molar-refractivity contribution in [1.29, 1.82) is 0 Å². The van der Waals surface area contributed by atoms with Crippen LogP contribution in [0.1, 0.15) is 37.7 Å². The van der Waals surface area contributed by atoms with Crippen LogP contribution in [0.25, 0.3) is 6.08 Å². The predicted molar refractivity (Wildman–Crippen MR) is 88.7 cm³/mol. The fourth-order valence-electron chi connectivity index (χ4n) is 3.82. The molecule has 2 fully saturated rings. The first-order valence-electron chi connectivity index (χ1n) is 8.40. The van der Waals surface area contributed by atoms with Crippen LogP contribution in [0.3, 0.4) is 0 Å². The van der Waals surface area contributed by atoms with Crippen molar-refractivity contribution in [1.82, 2.24) is 4.90 Å². The molecular weight excluding hydrogens is 290 g/mol. The molecule has 4 nitrogen and oxygen atoms in total. The molecule has 1 saturated carbocycles. The lowest BCUT2D eigenvalue weighted by atomic mass is 9.82. The zero-order valence-electron chi connectivity index (χ0n) is 13.3. The van der Waals surface area contributed by atoms with E-state index in [2.05, 4.69) is 0 Å². The molecule has 0 spiro atoms. The van der Waals surface area contributed by atoms with E-state index in [1.54, 1.807) is 6.08 Å². The van der Waals surface area contributed by atoms with Crippen LogP contribution >= 0.6 is 0 Å². The van der Waals surface area contributed by atoms with E-state index in [4.69, 9.17) is 0 Å². The van der Waals surface area contributed by atoms with Gasteiger partial charge in [0.2, 0.25) is 5.91 Å². The van der Waals surface area contributed by atoms with Crippen molar-refractivity contribution in [3.63, 3.8) is 0 Å². The number of carboxylic acid groups (broad SMARTS) is 1. The lowest BCUT2D eigenvalue weighted by Crippen LogP contribution is -2.29. The number of carbonyl (C=O) groups excluding carboxylic acids is 1. The second-order valence-corrected chi connectivity index (χ2v) is 6.67. The summed E-state index contributed by atoms with van der Waals surface area (Å²) in [7, 11) is 0. The molecule has 1 amide bonds. The maximum absolute atomic E-state index is 12.5. The zero-order valence-corrected chi connectivity index (χ0v) is 13.3. The normalized spacial score (nSPS) is 24.3. The number of aliphatic carboxylic acids is 1. The summed E-state index contributed by atoms with van der Waals surface area (Å²) in [4.78, 5) is 25.9. The second kappa shape index (κ2) is 6.99. The van der Waals surface area contributed by atoms with Crippen LogP contribution in [0, 0.1) is 11.8 Å². The average Bonchev–Trinajstić information content (AvgIpc) is 2.99. The number of amides is 1. The lowest BCUT2D eigenvalue weighted by Gasteiger charge is -2.22. The summed E-state index contributed by atoms with van der Waals surface area (Å²) in [6, 6.07) is 9.29. The van der Waals surface area contributed by atoms with Crippen molar-refractivity contribution in [3.8, 4) is 0 Å². The van der Waals surface area contributed by atoms with Gasteiger partial charge >= 0.3 is 5.97 Å². The van der Waals surface area contributed by atoms with Gasteiger partial charge < -0.3 is 10.0 Å². The van der Waals surface area contributed by atoms with Crippen molar-refractivity contribution in [2.24, 2.45) is 11.8 Å². The Labute approximate surface area is 136 Å². The second-order valence-electron chi connectivity index (χ2n) is 6.67. The summed E-state index contributed by atoms with van der Waals surface area (Å²) >= 11 is 0. The van der Waals surface area contributed by atoms with Gasteiger partial charge in [-0.05, 0) is 36.3 Å². The van der Waals surface area contributed by atoms with Crippen LogP contribution in [0.5, 0.6) is 0 Å². The SMILES string of the molecule is O=C(O)C(=Cc1ccccc1)CC(=O)N1C[C@@H]2CCCC[C@H]2C1. The van der Waals surface area contributed by atoms with E-state index in [-0.39, 0.29) is 17.9 Å². The van der Waals surface area contributed by atoms with Crippen LogP contribution < -0.4 is 0 Å². The molecule has 2 atom stereocenters. The zero-order chi connectivity index (χ0) is 16.2. The van der Waals surface area contributed by atoms with Gasteiger partial charge in [0, 0.05) is 18.7 Å². The molecule has 2 aliphatic rings. The van der Waals surface area contributed by atoms with Crippen molar-refractivity contribution in [3.05, 3.63) is 41.5 Å². The van der Waals surface area contributed by atoms with Crippen molar-refractivity contribution in [2.45, 2.75) is 32.1 Å². The van der Waals surface area contributed by atoms with Crippen LogP contribution in [0.15, 0.2) is 35.9 Å². The monoisotopic (exact) mass is 313 g/mol. The Bertz CT molecular complexity index is 594. The standard InChI is InChI=1S/C19H23NO3/c21-18(20-12-15-8-4-5-9-16(15)13-20)11-17(19(22)23)10-14-6-2-1-3-7-14/h1-3,6-7,10,15-16H,4-5,8-9,11-13H2,(H,22,23)/t15-,16-/m0/s1. The molecule has 1 aliphatic heterocycles. The molecule has 0 bridgehead atoms. The average molecular weight is 313 g/mol. The summed E-state index contributed by atoms with van der Waals surface area (Å²) < 4.78 is 0. The Morgan fingerprint density at radius 1 is 1.09 bits per heavy atom. The first-order valence-corrected chi connectivity index (χ1v) is 8.40. The molecular formula is C19H23NO3. The first kappa shape index (κ1) is 15.8. The number of nitrogens with zero attached hydrogens (tertiary/aromatic N) is 1. The number of rotatable bonds is 4. The number of hydrogen-bond donors (Lipinski definition) is 1. The van der Waals surface area contributed by atoms with Gasteiger partial charge in [-0.2, -0.15) is 0 Å². The predicted octanol–water partition coefficient (Wildman–Crippen LogP) is 3.19. The van der Waals surface area contributed by atoms with Gasteiger partial charge in [-0.1, -0.05) is 43.2 Å². The quantitative estimate of drug-likeness (QED) is 0.869. The first-order chi connectivity index (χ1) is 11.1. The molecule has 0 radical (unpaired) electrons. The van der Waals surface area contributed by atoms with Gasteiger partial charge in [0.1, 0.15) is 0 Å². The van der Waals surface area contributed by atoms with Crippen LogP contribution in [-0.4, -0.2) is 35.0 Å². The number of benzene rings is 1. The van der Waals surface area contributed by atoms with E-state index >= 15 is 0 Å². The molecule has 3 rings (SSSR count). The topological polar surface area (TPSA) is 57.6 Å². The summed E-state index contributed by atoms with van der Waals surface area (Å²) in [6.45, 7) is 1.61. The summed E-state index contributed by atoms with van der Waals surface area (Å²) in [6.07, 6.45) is 6.52. The minimum absolute atomic E-state index is 0.0241. The molecule has 122 valence electrons. The maximum Gasteiger partial charge on any atom is 0.332 e. The summed E-state index contributed by atoms with van der Waals surface area (Å²) in [5.41, 5.74) is 0.976. The number of carbonyl (C=O) groups is 2. The molecule has 1 aliphatic carbocycles. The molecule has 1 heterocycles. The van der Waals surface area contributed by atoms with E-state index < -0.39 is 5.97 Å². The van der Waals surface area contributed by atoms with Gasteiger partial charge in [-0.25, -0.2) is 4.79 Å². The van der Waals surface area contributed by atoms with E-state index in [0.29, 0.717) is 11.8 Å². The largest absolute Gasteiger partial charge is 0.478 e. The van der Waals surface area contributed by atoms with E-state index in [1.165, 1.54) is 25.7 Å². The maximum atomic E-state index is 12.5. The van der Waals surface area contributed by atoms with E-state index in [1.807, 2.05) is 35.2 Å². The third-order valence-electron chi connectivity index (χ3n) is 5.09. The number of likely N-dealkylation sites (tertiary alicyclic amines) is 1. The van der Waals surface area contributed by atoms with Gasteiger partial charge in [-0.15, -0.1) is 0 Å². The van der Waals surface area contributed by atoms with Gasteiger partial charge in [0.15, 0.2) is 0 Å². The third kappa shape index (κ3) is 3.81. The smallest absolute Gasteiger partial charge is 0.332 e. The minimum atomic E-state index is -1.01. The highest BCUT2D eigenvalue weighted by atomic mass is 16.4. The highest BCUT2D eigenvalue weighted by Gasteiger charge is 2.36. The summed E-state index contributed by atoms with van der Waals surface area (Å²) in [5.74, 6) is 0.181. The van der Waals surface area contributed by atoms with Crippen molar-refractivity contribution < 1.29 is 14.7 Å². The number of hydrogen-bond acceptors (Lipinski definition) is 2. The Morgan fingerprint density at radius 3 is 2.26 bits per heavy atom. The molecule has 23 heavy (non-hydrogen) atoms. The van der Waals surface area contributed by atoms with E-state index in [0.717, 1.165) is 18.7 Å². The summed E-state index contributed by atoms with van der Waals surface area (Å²) in [5, 5.41) is 9.39. The van der Waals surface area contributed by atoms with Crippen molar-refractivity contribution in [2.75, 3.05) is 13.1 Å². The molecule has 1 aromatic carbocycles. The molecule has 0 aromatic heterocycles. The highest BCUT2D eigenvalue weighted by molar-refractivity contribution is 5.98. The molecule has 1 aromatic rings. The number of fused-ring (bicyclic) bond motifs is 1. The Hall–Kier alpha value is -2.10. The van der Waals surface area contributed by atoms with Gasteiger partial charge in [0.05, 0.1) is 6.42 Å². The molecule has 1 saturated heterocycles. The Morgan fingerprint density at radius 2 is 1.70 bits per heavy atom. The molecule has 1 N–H and O–H groups in total. The van der Waals surface area contributed by atoms with Crippen molar-refractivity contribution >= 4 is 18.0 Å². The molecule has 4 heteroatoms. The minimum Gasteiger partial charge on any atom is -0.478 e. The fraction of sp³-hybridized carbons (Fsp3) is 0.474. The van der Waals surface area contributed by atoms with Gasteiger partial charge in [0.25, 0.3) is 0 Å². The van der Waals surface area contributed by atoms with Gasteiger partial charge in [-0.3, -0.25) is 4.79 Å². The van der Waals surface area contributed by atoms with E-state index in [9.17, 15) is 14.7 Å². The Kier molecular flexibility index (Phi) is 4.79. The molecule has 0 unspecified atom stereocenters. The van der Waals surface area contributed by atoms with Crippen LogP contribution in [0.4, 0.5) is 0 Å². The van der Waals surface area contributed by atoms with Crippen LogP contribution in [-0.2, 0) is 9.59 Å².